The molecule has 90 valence electrons. The van der Waals surface area contributed by atoms with Crippen molar-refractivity contribution >= 4 is 5.91 Å². The Hall–Kier alpha value is -0.600. The Morgan fingerprint density at radius 2 is 2.00 bits per heavy atom. The second-order valence-electron chi connectivity index (χ2n) is 4.51. The number of hydrogen-bond donors (Lipinski definition) is 1. The monoisotopic (exact) mass is 217 g/mol. The number of carbonyl (C=O) groups excluding carboxylic acids is 1. The number of halogens is 1. The Bertz CT molecular complexity index is 182. The molecule has 0 fully saturated rings. The van der Waals surface area contributed by atoms with Gasteiger partial charge in [-0.2, -0.15) is 0 Å². The van der Waals surface area contributed by atoms with Gasteiger partial charge in [0.1, 0.15) is 6.67 Å². The van der Waals surface area contributed by atoms with E-state index < -0.39 is 6.67 Å². The topological polar surface area (TPSA) is 29.1 Å². The number of hydrogen-bond acceptors (Lipinski definition) is 1. The Labute approximate surface area is 92.6 Å². The Balaban J connectivity index is 4.33. The lowest BCUT2D eigenvalue weighted by atomic mass is 9.84. The third kappa shape index (κ3) is 5.75. The van der Waals surface area contributed by atoms with E-state index >= 15 is 0 Å². The lowest BCUT2D eigenvalue weighted by Gasteiger charge is -2.28. The summed E-state index contributed by atoms with van der Waals surface area (Å²) in [5, 5.41) is 2.71. The maximum Gasteiger partial charge on any atom is 0.217 e. The highest BCUT2D eigenvalue weighted by Gasteiger charge is 2.24. The SMILES string of the molecule is CCCCC(C(C)C)[C@H](CF)NC(C)=O. The lowest BCUT2D eigenvalue weighted by Crippen LogP contribution is -2.42. The van der Waals surface area contributed by atoms with Crippen molar-refractivity contribution < 1.29 is 9.18 Å². The first-order chi connectivity index (χ1) is 7.02. The molecular weight excluding hydrogens is 193 g/mol. The van der Waals surface area contributed by atoms with Gasteiger partial charge in [-0.05, 0) is 18.3 Å². The van der Waals surface area contributed by atoms with Gasteiger partial charge in [-0.1, -0.05) is 33.6 Å². The van der Waals surface area contributed by atoms with Crippen LogP contribution in [0, 0.1) is 11.8 Å². The van der Waals surface area contributed by atoms with E-state index in [2.05, 4.69) is 26.1 Å². The van der Waals surface area contributed by atoms with Crippen molar-refractivity contribution in [3.8, 4) is 0 Å². The first-order valence-electron chi connectivity index (χ1n) is 5.86. The zero-order valence-electron chi connectivity index (χ0n) is 10.3. The maximum atomic E-state index is 12.8. The molecule has 0 aliphatic rings. The van der Waals surface area contributed by atoms with E-state index in [1.54, 1.807) is 0 Å². The molecule has 1 unspecified atom stereocenters. The Kier molecular flexibility index (Phi) is 7.35. The molecule has 1 N–H and O–H groups in total. The summed E-state index contributed by atoms with van der Waals surface area (Å²) in [6, 6.07) is -0.311. The van der Waals surface area contributed by atoms with Crippen LogP contribution in [0.2, 0.25) is 0 Å². The van der Waals surface area contributed by atoms with Gasteiger partial charge < -0.3 is 5.32 Å². The van der Waals surface area contributed by atoms with Gasteiger partial charge in [0.05, 0.1) is 6.04 Å². The van der Waals surface area contributed by atoms with Crippen LogP contribution in [0.1, 0.15) is 47.0 Å². The van der Waals surface area contributed by atoms with Crippen molar-refractivity contribution in [2.75, 3.05) is 6.67 Å². The second kappa shape index (κ2) is 7.66. The van der Waals surface area contributed by atoms with Gasteiger partial charge in [0, 0.05) is 6.92 Å². The molecule has 0 aromatic carbocycles. The molecule has 0 saturated carbocycles. The molecule has 0 aliphatic carbocycles. The largest absolute Gasteiger partial charge is 0.351 e. The third-order valence-corrected chi connectivity index (χ3v) is 2.82. The minimum absolute atomic E-state index is 0.139. The molecule has 0 aliphatic heterocycles. The fourth-order valence-electron chi connectivity index (χ4n) is 1.96. The van der Waals surface area contributed by atoms with Crippen molar-refractivity contribution in [2.24, 2.45) is 11.8 Å². The number of nitrogens with one attached hydrogen (secondary N) is 1. The van der Waals surface area contributed by atoms with Gasteiger partial charge in [-0.3, -0.25) is 4.79 Å². The summed E-state index contributed by atoms with van der Waals surface area (Å²) >= 11 is 0. The zero-order valence-corrected chi connectivity index (χ0v) is 10.3. The van der Waals surface area contributed by atoms with Crippen LogP contribution in [0.25, 0.3) is 0 Å². The fourth-order valence-corrected chi connectivity index (χ4v) is 1.96. The summed E-state index contributed by atoms with van der Waals surface area (Å²) in [7, 11) is 0. The summed E-state index contributed by atoms with van der Waals surface area (Å²) in [4.78, 5) is 10.9. The highest BCUT2D eigenvalue weighted by atomic mass is 19.1. The number of alkyl halides is 1. The van der Waals surface area contributed by atoms with Crippen molar-refractivity contribution in [1.29, 1.82) is 0 Å². The van der Waals surface area contributed by atoms with Gasteiger partial charge in [0.25, 0.3) is 0 Å². The molecule has 0 rings (SSSR count). The fraction of sp³-hybridized carbons (Fsp3) is 0.917. The molecule has 0 aromatic rings. The minimum Gasteiger partial charge on any atom is -0.351 e. The van der Waals surface area contributed by atoms with E-state index in [9.17, 15) is 9.18 Å². The highest BCUT2D eigenvalue weighted by Crippen LogP contribution is 2.22. The maximum absolute atomic E-state index is 12.8. The molecule has 2 atom stereocenters. The standard InChI is InChI=1S/C12H24FNO/c1-5-6-7-11(9(2)3)12(8-13)14-10(4)15/h9,11-12H,5-8H2,1-4H3,(H,14,15)/t11?,12-/m0/s1. The van der Waals surface area contributed by atoms with Crippen LogP contribution in [0.5, 0.6) is 0 Å². The second-order valence-corrected chi connectivity index (χ2v) is 4.51. The van der Waals surface area contributed by atoms with Crippen LogP contribution < -0.4 is 5.32 Å². The number of rotatable bonds is 7. The van der Waals surface area contributed by atoms with Crippen molar-refractivity contribution in [3.63, 3.8) is 0 Å². The molecule has 0 bridgehead atoms. The Morgan fingerprint density at radius 3 is 2.33 bits per heavy atom. The molecular formula is C12H24FNO. The zero-order chi connectivity index (χ0) is 11.8. The van der Waals surface area contributed by atoms with Crippen molar-refractivity contribution in [3.05, 3.63) is 0 Å². The molecule has 2 nitrogen and oxygen atoms in total. The van der Waals surface area contributed by atoms with Crippen LogP contribution in [0.4, 0.5) is 4.39 Å². The number of carbonyl (C=O) groups is 1. The number of unbranched alkanes of at least 4 members (excludes halogenated alkanes) is 1. The van der Waals surface area contributed by atoms with Crippen LogP contribution in [0.15, 0.2) is 0 Å². The summed E-state index contributed by atoms with van der Waals surface area (Å²) in [6.45, 7) is 7.28. The lowest BCUT2D eigenvalue weighted by molar-refractivity contribution is -0.120. The molecule has 0 aromatic heterocycles. The van der Waals surface area contributed by atoms with E-state index in [0.717, 1.165) is 19.3 Å². The van der Waals surface area contributed by atoms with E-state index in [1.165, 1.54) is 6.92 Å². The molecule has 3 heteroatoms. The first kappa shape index (κ1) is 14.4. The minimum atomic E-state index is -0.466. The molecule has 0 saturated heterocycles. The van der Waals surface area contributed by atoms with Crippen LogP contribution in [-0.2, 0) is 4.79 Å². The van der Waals surface area contributed by atoms with Gasteiger partial charge in [0.15, 0.2) is 0 Å². The average molecular weight is 217 g/mol. The van der Waals surface area contributed by atoms with Gasteiger partial charge in [-0.25, -0.2) is 4.39 Å². The van der Waals surface area contributed by atoms with E-state index in [1.807, 2.05) is 0 Å². The predicted molar refractivity (Wildman–Crippen MR) is 61.4 cm³/mol. The quantitative estimate of drug-likeness (QED) is 0.698. The van der Waals surface area contributed by atoms with E-state index in [-0.39, 0.29) is 17.9 Å². The summed E-state index contributed by atoms with van der Waals surface area (Å²) in [5.41, 5.74) is 0. The normalized spacial score (nSPS) is 15.1. The average Bonchev–Trinajstić information content (AvgIpc) is 2.15. The van der Waals surface area contributed by atoms with Crippen LogP contribution in [-0.4, -0.2) is 18.6 Å². The molecule has 1 amide bonds. The van der Waals surface area contributed by atoms with E-state index in [4.69, 9.17) is 0 Å². The number of amides is 1. The van der Waals surface area contributed by atoms with Crippen LogP contribution in [0.3, 0.4) is 0 Å². The van der Waals surface area contributed by atoms with E-state index in [0.29, 0.717) is 5.92 Å². The van der Waals surface area contributed by atoms with Crippen molar-refractivity contribution in [1.82, 2.24) is 5.32 Å². The van der Waals surface area contributed by atoms with Gasteiger partial charge >= 0.3 is 0 Å². The Morgan fingerprint density at radius 1 is 1.40 bits per heavy atom. The smallest absolute Gasteiger partial charge is 0.217 e. The van der Waals surface area contributed by atoms with Gasteiger partial charge in [0.2, 0.25) is 5.91 Å². The first-order valence-corrected chi connectivity index (χ1v) is 5.86. The van der Waals surface area contributed by atoms with Gasteiger partial charge in [-0.15, -0.1) is 0 Å². The highest BCUT2D eigenvalue weighted by molar-refractivity contribution is 5.73. The molecule has 15 heavy (non-hydrogen) atoms. The molecule has 0 radical (unpaired) electrons. The summed E-state index contributed by atoms with van der Waals surface area (Å²) < 4.78 is 12.8. The van der Waals surface area contributed by atoms with Crippen LogP contribution >= 0.6 is 0 Å². The van der Waals surface area contributed by atoms with Crippen molar-refractivity contribution in [2.45, 2.75) is 53.0 Å². The molecule has 0 spiro atoms. The summed E-state index contributed by atoms with van der Waals surface area (Å²) in [6.07, 6.45) is 3.20. The summed E-state index contributed by atoms with van der Waals surface area (Å²) in [5.74, 6) is 0.516. The third-order valence-electron chi connectivity index (χ3n) is 2.82. The predicted octanol–water partition coefficient (Wildman–Crippen LogP) is 2.92. The molecule has 0 heterocycles.